The number of rotatable bonds is 5. The smallest absolute Gasteiger partial charge is 0.249 e. The first-order chi connectivity index (χ1) is 13.2. The van der Waals surface area contributed by atoms with Crippen LogP contribution < -0.4 is 19.1 Å². The Morgan fingerprint density at radius 3 is 2.36 bits per heavy atom. The normalized spacial score (nSPS) is 20.6. The summed E-state index contributed by atoms with van der Waals surface area (Å²) < 4.78 is 36.3. The first-order valence-corrected chi connectivity index (χ1v) is 10.4. The van der Waals surface area contributed by atoms with Crippen LogP contribution in [-0.4, -0.2) is 39.8 Å². The third kappa shape index (κ3) is 3.38. The molecule has 1 fully saturated rings. The minimum Gasteiger partial charge on any atom is -0.493 e. The lowest BCUT2D eigenvalue weighted by Gasteiger charge is -2.25. The first-order valence-electron chi connectivity index (χ1n) is 8.54. The monoisotopic (exact) mass is 424 g/mol. The van der Waals surface area contributed by atoms with E-state index in [1.54, 1.807) is 42.5 Å². The fraction of sp³-hybridized carbons (Fsp3) is 0.316. The molecule has 1 atom stereocenters. The van der Waals surface area contributed by atoms with E-state index < -0.39 is 20.7 Å². The zero-order chi connectivity index (χ0) is 20.5. The Hall–Kier alpha value is -2.45. The Bertz CT molecular complexity index is 994. The van der Waals surface area contributed by atoms with Crippen LogP contribution in [0, 0.1) is 0 Å². The van der Waals surface area contributed by atoms with Crippen LogP contribution in [0.4, 0.5) is 11.4 Å². The number of ether oxygens (including phenoxy) is 2. The maximum absolute atomic E-state index is 13.1. The van der Waals surface area contributed by atoms with E-state index in [4.69, 9.17) is 21.1 Å². The SMILES string of the molecule is COc1ccc(NC(=O)[C@]2(C)CCN(c3ccc(Cl)cc3)S2(=O)=O)cc1OC. The van der Waals surface area contributed by atoms with E-state index in [0.29, 0.717) is 27.9 Å². The number of carbonyl (C=O) groups is 1. The number of nitrogens with one attached hydrogen (secondary N) is 1. The second kappa shape index (κ2) is 7.52. The molecule has 0 radical (unpaired) electrons. The van der Waals surface area contributed by atoms with Crippen molar-refractivity contribution in [2.24, 2.45) is 0 Å². The Balaban J connectivity index is 1.86. The fourth-order valence-electron chi connectivity index (χ4n) is 3.09. The largest absolute Gasteiger partial charge is 0.493 e. The standard InChI is InChI=1S/C19H21ClN2O5S/c1-19(18(23)21-14-6-9-16(26-2)17(12-14)27-3)10-11-22(28(19,24)25)15-7-4-13(20)5-8-15/h4-9,12H,10-11H2,1-3H3,(H,21,23)/t19-/m0/s1. The molecule has 0 aliphatic carbocycles. The number of sulfonamides is 1. The number of hydrogen-bond acceptors (Lipinski definition) is 5. The van der Waals surface area contributed by atoms with Gasteiger partial charge in [-0.05, 0) is 49.7 Å². The molecule has 1 amide bonds. The second-order valence-corrected chi connectivity index (χ2v) is 9.29. The van der Waals surface area contributed by atoms with E-state index in [-0.39, 0.29) is 13.0 Å². The summed E-state index contributed by atoms with van der Waals surface area (Å²) in [7, 11) is -0.929. The predicted molar refractivity (Wildman–Crippen MR) is 109 cm³/mol. The van der Waals surface area contributed by atoms with Gasteiger partial charge in [-0.1, -0.05) is 11.6 Å². The van der Waals surface area contributed by atoms with Crippen LogP contribution in [0.15, 0.2) is 42.5 Å². The van der Waals surface area contributed by atoms with Gasteiger partial charge in [0.15, 0.2) is 16.2 Å². The molecule has 9 heteroatoms. The van der Waals surface area contributed by atoms with Crippen LogP contribution in [-0.2, 0) is 14.8 Å². The van der Waals surface area contributed by atoms with Gasteiger partial charge in [-0.3, -0.25) is 9.10 Å². The summed E-state index contributed by atoms with van der Waals surface area (Å²) in [6, 6.07) is 11.3. The highest BCUT2D eigenvalue weighted by Gasteiger charge is 2.54. The average Bonchev–Trinajstić information content (AvgIpc) is 2.92. The van der Waals surface area contributed by atoms with Gasteiger partial charge in [0.05, 0.1) is 19.9 Å². The van der Waals surface area contributed by atoms with E-state index in [1.165, 1.54) is 25.4 Å². The molecule has 1 N–H and O–H groups in total. The highest BCUT2D eigenvalue weighted by Crippen LogP contribution is 2.38. The number of benzene rings is 2. The lowest BCUT2D eigenvalue weighted by atomic mass is 10.1. The first kappa shape index (κ1) is 20.3. The third-order valence-corrected chi connectivity index (χ3v) is 7.64. The van der Waals surface area contributed by atoms with Crippen molar-refractivity contribution < 1.29 is 22.7 Å². The number of nitrogens with zero attached hydrogens (tertiary/aromatic N) is 1. The Kier molecular flexibility index (Phi) is 5.45. The summed E-state index contributed by atoms with van der Waals surface area (Å²) in [5.74, 6) is 0.341. The zero-order valence-electron chi connectivity index (χ0n) is 15.7. The van der Waals surface area contributed by atoms with E-state index in [2.05, 4.69) is 5.32 Å². The lowest BCUT2D eigenvalue weighted by molar-refractivity contribution is -0.118. The van der Waals surface area contributed by atoms with Gasteiger partial charge in [-0.25, -0.2) is 8.42 Å². The van der Waals surface area contributed by atoms with Crippen molar-refractivity contribution in [1.29, 1.82) is 0 Å². The van der Waals surface area contributed by atoms with Crippen molar-refractivity contribution in [2.45, 2.75) is 18.1 Å². The third-order valence-electron chi connectivity index (χ3n) is 4.89. The van der Waals surface area contributed by atoms with Gasteiger partial charge in [0.1, 0.15) is 0 Å². The molecule has 0 unspecified atom stereocenters. The average molecular weight is 425 g/mol. The van der Waals surface area contributed by atoms with Gasteiger partial charge in [-0.15, -0.1) is 0 Å². The summed E-state index contributed by atoms with van der Waals surface area (Å²) in [4.78, 5) is 12.9. The van der Waals surface area contributed by atoms with Crippen LogP contribution in [0.1, 0.15) is 13.3 Å². The zero-order valence-corrected chi connectivity index (χ0v) is 17.3. The Morgan fingerprint density at radius 2 is 1.75 bits per heavy atom. The molecule has 1 saturated heterocycles. The van der Waals surface area contributed by atoms with Crippen LogP contribution in [0.5, 0.6) is 11.5 Å². The van der Waals surface area contributed by atoms with Gasteiger partial charge in [0.25, 0.3) is 0 Å². The molecule has 3 rings (SSSR count). The van der Waals surface area contributed by atoms with E-state index in [1.807, 2.05) is 0 Å². The Morgan fingerprint density at radius 1 is 1.11 bits per heavy atom. The summed E-state index contributed by atoms with van der Waals surface area (Å²) >= 11 is 5.88. The highest BCUT2D eigenvalue weighted by atomic mass is 35.5. The fourth-order valence-corrected chi connectivity index (χ4v) is 5.07. The van der Waals surface area contributed by atoms with Crippen LogP contribution in [0.2, 0.25) is 5.02 Å². The molecule has 0 saturated carbocycles. The van der Waals surface area contributed by atoms with E-state index in [0.717, 1.165) is 0 Å². The summed E-state index contributed by atoms with van der Waals surface area (Å²) in [6.45, 7) is 1.65. The van der Waals surface area contributed by atoms with Crippen molar-refractivity contribution in [2.75, 3.05) is 30.4 Å². The van der Waals surface area contributed by atoms with Gasteiger partial charge in [0.2, 0.25) is 15.9 Å². The van der Waals surface area contributed by atoms with Crippen molar-refractivity contribution in [3.05, 3.63) is 47.5 Å². The number of anilines is 2. The Labute approximate surface area is 169 Å². The predicted octanol–water partition coefficient (Wildman–Crippen LogP) is 3.29. The molecular weight excluding hydrogens is 404 g/mol. The number of methoxy groups -OCH3 is 2. The van der Waals surface area contributed by atoms with Crippen molar-refractivity contribution in [1.82, 2.24) is 0 Å². The maximum Gasteiger partial charge on any atom is 0.249 e. The molecule has 2 aromatic rings. The lowest BCUT2D eigenvalue weighted by Crippen LogP contribution is -2.47. The van der Waals surface area contributed by atoms with E-state index >= 15 is 0 Å². The van der Waals surface area contributed by atoms with Gasteiger partial charge >= 0.3 is 0 Å². The molecule has 1 aliphatic heterocycles. The topological polar surface area (TPSA) is 84.9 Å². The molecule has 2 aromatic carbocycles. The van der Waals surface area contributed by atoms with Crippen LogP contribution in [0.25, 0.3) is 0 Å². The van der Waals surface area contributed by atoms with Crippen molar-refractivity contribution in [3.8, 4) is 11.5 Å². The molecule has 1 aliphatic rings. The van der Waals surface area contributed by atoms with E-state index in [9.17, 15) is 13.2 Å². The number of carbonyl (C=O) groups excluding carboxylic acids is 1. The molecule has 150 valence electrons. The van der Waals surface area contributed by atoms with Gasteiger partial charge < -0.3 is 14.8 Å². The quantitative estimate of drug-likeness (QED) is 0.796. The molecule has 1 heterocycles. The van der Waals surface area contributed by atoms with Crippen LogP contribution >= 0.6 is 11.6 Å². The molecule has 0 spiro atoms. The number of amides is 1. The van der Waals surface area contributed by atoms with Crippen molar-refractivity contribution >= 4 is 38.9 Å². The minimum absolute atomic E-state index is 0.164. The molecule has 7 nitrogen and oxygen atoms in total. The molecular formula is C19H21ClN2O5S. The highest BCUT2D eigenvalue weighted by molar-refractivity contribution is 7.95. The minimum atomic E-state index is -3.92. The molecule has 0 aromatic heterocycles. The summed E-state index contributed by atoms with van der Waals surface area (Å²) in [6.07, 6.45) is 0.164. The van der Waals surface area contributed by atoms with Crippen molar-refractivity contribution in [3.63, 3.8) is 0 Å². The molecule has 0 bridgehead atoms. The van der Waals surface area contributed by atoms with Gasteiger partial charge in [0, 0.05) is 23.3 Å². The maximum atomic E-state index is 13.1. The molecule has 28 heavy (non-hydrogen) atoms. The van der Waals surface area contributed by atoms with Gasteiger partial charge in [-0.2, -0.15) is 0 Å². The second-order valence-electron chi connectivity index (χ2n) is 6.56. The van der Waals surface area contributed by atoms with Crippen LogP contribution in [0.3, 0.4) is 0 Å². The number of hydrogen-bond donors (Lipinski definition) is 1. The summed E-state index contributed by atoms with van der Waals surface area (Å²) in [5, 5.41) is 3.19. The number of halogens is 1. The summed E-state index contributed by atoms with van der Waals surface area (Å²) in [5.41, 5.74) is 0.899.